The Labute approximate surface area is 187 Å². The van der Waals surface area contributed by atoms with Gasteiger partial charge in [0.15, 0.2) is 5.82 Å². The van der Waals surface area contributed by atoms with E-state index in [1.54, 1.807) is 60.1 Å². The minimum absolute atomic E-state index is 0.251. The van der Waals surface area contributed by atoms with Gasteiger partial charge in [-0.1, -0.05) is 17.7 Å². The molecule has 0 saturated heterocycles. The molecule has 0 amide bonds. The van der Waals surface area contributed by atoms with E-state index in [9.17, 15) is 8.42 Å². The second-order valence-corrected chi connectivity index (χ2v) is 9.22. The highest BCUT2D eigenvalue weighted by molar-refractivity contribution is 7.92. The molecule has 0 aliphatic carbocycles. The number of anilines is 1. The van der Waals surface area contributed by atoms with Gasteiger partial charge in [-0.2, -0.15) is 5.10 Å². The van der Waals surface area contributed by atoms with E-state index >= 15 is 0 Å². The van der Waals surface area contributed by atoms with Gasteiger partial charge in [-0.15, -0.1) is 10.2 Å². The van der Waals surface area contributed by atoms with Gasteiger partial charge in [0.25, 0.3) is 10.0 Å². The highest BCUT2D eigenvalue weighted by atomic mass is 32.2. The van der Waals surface area contributed by atoms with E-state index < -0.39 is 10.0 Å². The number of nitrogens with zero attached hydrogens (tertiary/aromatic N) is 4. The predicted molar refractivity (Wildman–Crippen MR) is 122 cm³/mol. The van der Waals surface area contributed by atoms with Crippen molar-refractivity contribution in [3.8, 4) is 17.4 Å². The number of sulfonamides is 1. The van der Waals surface area contributed by atoms with Crippen molar-refractivity contribution in [3.63, 3.8) is 0 Å². The lowest BCUT2D eigenvalue weighted by molar-refractivity contribution is 0.454. The molecule has 0 aliphatic rings. The summed E-state index contributed by atoms with van der Waals surface area (Å²) in [5.41, 5.74) is 4.00. The van der Waals surface area contributed by atoms with E-state index in [-0.39, 0.29) is 4.90 Å². The monoisotopic (exact) mass is 449 g/mol. The number of rotatable bonds is 6. The Morgan fingerprint density at radius 3 is 2.22 bits per heavy atom. The van der Waals surface area contributed by atoms with Crippen LogP contribution < -0.4 is 9.46 Å². The van der Waals surface area contributed by atoms with Crippen molar-refractivity contribution in [1.29, 1.82) is 0 Å². The van der Waals surface area contributed by atoms with E-state index in [1.165, 1.54) is 0 Å². The van der Waals surface area contributed by atoms with Crippen molar-refractivity contribution in [2.75, 3.05) is 4.72 Å². The summed E-state index contributed by atoms with van der Waals surface area (Å²) in [4.78, 5) is 0.251. The number of aryl methyl sites for hydroxylation is 4. The fourth-order valence-electron chi connectivity index (χ4n) is 3.36. The summed E-state index contributed by atoms with van der Waals surface area (Å²) in [7, 11) is -3.69. The van der Waals surface area contributed by atoms with Crippen molar-refractivity contribution >= 4 is 15.7 Å². The van der Waals surface area contributed by atoms with Crippen molar-refractivity contribution in [1.82, 2.24) is 20.0 Å². The minimum atomic E-state index is -3.69. The Kier molecular flexibility index (Phi) is 5.67. The Morgan fingerprint density at radius 1 is 0.875 bits per heavy atom. The van der Waals surface area contributed by atoms with Crippen molar-refractivity contribution in [2.24, 2.45) is 0 Å². The molecule has 0 aliphatic heterocycles. The minimum Gasteiger partial charge on any atom is -0.438 e. The molecule has 2 heterocycles. The van der Waals surface area contributed by atoms with Crippen molar-refractivity contribution in [3.05, 3.63) is 83.2 Å². The van der Waals surface area contributed by atoms with Gasteiger partial charge in [-0.25, -0.2) is 13.1 Å². The van der Waals surface area contributed by atoms with Crippen LogP contribution >= 0.6 is 0 Å². The van der Waals surface area contributed by atoms with Crippen LogP contribution in [-0.4, -0.2) is 28.4 Å². The van der Waals surface area contributed by atoms with Crippen LogP contribution in [-0.2, 0) is 10.0 Å². The first kappa shape index (κ1) is 21.5. The SMILES string of the molecule is Cc1ccc(S(=O)(=O)Nc2ccc(Oc3ccc(-n4nc(C)cc4C)nn3)cc2)c(C)c1. The number of benzene rings is 2. The molecule has 0 spiro atoms. The van der Waals surface area contributed by atoms with Gasteiger partial charge < -0.3 is 4.74 Å². The van der Waals surface area contributed by atoms with Crippen LogP contribution in [0.15, 0.2) is 65.6 Å². The van der Waals surface area contributed by atoms with E-state index in [0.29, 0.717) is 28.7 Å². The molecular weight excluding hydrogens is 426 g/mol. The Bertz CT molecular complexity index is 1360. The maximum atomic E-state index is 12.7. The molecule has 0 atom stereocenters. The van der Waals surface area contributed by atoms with Gasteiger partial charge in [-0.3, -0.25) is 4.72 Å². The van der Waals surface area contributed by atoms with Gasteiger partial charge in [0, 0.05) is 17.4 Å². The van der Waals surface area contributed by atoms with Gasteiger partial charge in [0.1, 0.15) is 5.75 Å². The summed E-state index contributed by atoms with van der Waals surface area (Å²) in [6.07, 6.45) is 0. The van der Waals surface area contributed by atoms with Crippen molar-refractivity contribution < 1.29 is 13.2 Å². The average molecular weight is 450 g/mol. The van der Waals surface area contributed by atoms with Gasteiger partial charge >= 0.3 is 0 Å². The second-order valence-electron chi connectivity index (χ2n) is 7.57. The smallest absolute Gasteiger partial charge is 0.262 e. The third kappa shape index (κ3) is 4.62. The van der Waals surface area contributed by atoms with Crippen LogP contribution in [0.2, 0.25) is 0 Å². The molecule has 4 aromatic rings. The van der Waals surface area contributed by atoms with E-state index in [4.69, 9.17) is 4.74 Å². The fourth-order valence-corrected chi connectivity index (χ4v) is 4.65. The molecule has 4 rings (SSSR count). The number of hydrogen-bond donors (Lipinski definition) is 1. The Balaban J connectivity index is 1.45. The van der Waals surface area contributed by atoms with Crippen LogP contribution in [0.1, 0.15) is 22.5 Å². The third-order valence-corrected chi connectivity index (χ3v) is 6.34. The first-order valence-corrected chi connectivity index (χ1v) is 11.4. The number of hydrogen-bond acceptors (Lipinski definition) is 6. The molecule has 0 saturated carbocycles. The summed E-state index contributed by atoms with van der Waals surface area (Å²) in [6, 6.07) is 17.3. The Morgan fingerprint density at radius 2 is 1.62 bits per heavy atom. The lowest BCUT2D eigenvalue weighted by Crippen LogP contribution is -2.14. The van der Waals surface area contributed by atoms with Gasteiger partial charge in [0.2, 0.25) is 5.88 Å². The van der Waals surface area contributed by atoms with E-state index in [2.05, 4.69) is 20.0 Å². The summed E-state index contributed by atoms with van der Waals surface area (Å²) in [6.45, 7) is 7.56. The predicted octanol–water partition coefficient (Wildman–Crippen LogP) is 4.49. The Hall–Kier alpha value is -3.72. The summed E-state index contributed by atoms with van der Waals surface area (Å²) in [5.74, 6) is 1.42. The first-order chi connectivity index (χ1) is 15.2. The van der Waals surface area contributed by atoms with Gasteiger partial charge in [-0.05, 0) is 75.7 Å². The molecular formula is C23H23N5O3S. The molecule has 0 bridgehead atoms. The molecule has 164 valence electrons. The quantitative estimate of drug-likeness (QED) is 0.466. The molecule has 9 heteroatoms. The number of nitrogens with one attached hydrogen (secondary N) is 1. The molecule has 0 unspecified atom stereocenters. The van der Waals surface area contributed by atoms with E-state index in [0.717, 1.165) is 17.0 Å². The van der Waals surface area contributed by atoms with Crippen LogP contribution in [0.5, 0.6) is 11.6 Å². The summed E-state index contributed by atoms with van der Waals surface area (Å²) < 4.78 is 35.5. The van der Waals surface area contributed by atoms with Crippen LogP contribution in [0.25, 0.3) is 5.82 Å². The number of aromatic nitrogens is 4. The lowest BCUT2D eigenvalue weighted by atomic mass is 10.2. The molecule has 8 nitrogen and oxygen atoms in total. The zero-order valence-corrected chi connectivity index (χ0v) is 19.0. The molecule has 1 N–H and O–H groups in total. The summed E-state index contributed by atoms with van der Waals surface area (Å²) in [5, 5.41) is 12.6. The third-order valence-electron chi connectivity index (χ3n) is 4.80. The topological polar surface area (TPSA) is 99.0 Å². The maximum Gasteiger partial charge on any atom is 0.262 e. The average Bonchev–Trinajstić information content (AvgIpc) is 3.07. The fraction of sp³-hybridized carbons (Fsp3) is 0.174. The van der Waals surface area contributed by atoms with Crippen molar-refractivity contribution in [2.45, 2.75) is 32.6 Å². The zero-order valence-electron chi connectivity index (χ0n) is 18.2. The van der Waals surface area contributed by atoms with Crippen LogP contribution in [0, 0.1) is 27.7 Å². The second kappa shape index (κ2) is 8.43. The normalized spacial score (nSPS) is 11.4. The molecule has 0 radical (unpaired) electrons. The van der Waals surface area contributed by atoms with Crippen LogP contribution in [0.3, 0.4) is 0 Å². The largest absolute Gasteiger partial charge is 0.438 e. The first-order valence-electron chi connectivity index (χ1n) is 9.97. The van der Waals surface area contributed by atoms with Gasteiger partial charge in [0.05, 0.1) is 10.6 Å². The lowest BCUT2D eigenvalue weighted by Gasteiger charge is -2.11. The zero-order chi connectivity index (χ0) is 22.9. The highest BCUT2D eigenvalue weighted by Gasteiger charge is 2.17. The highest BCUT2D eigenvalue weighted by Crippen LogP contribution is 2.24. The molecule has 0 fully saturated rings. The van der Waals surface area contributed by atoms with E-state index in [1.807, 2.05) is 32.9 Å². The standard InChI is InChI=1S/C23H23N5O3S/c1-15-5-10-21(16(2)13-15)32(29,30)27-19-6-8-20(9-7-19)31-23-12-11-22(24-25-23)28-18(4)14-17(3)26-28/h5-14,27H,1-4H3. The summed E-state index contributed by atoms with van der Waals surface area (Å²) >= 11 is 0. The number of ether oxygens (including phenoxy) is 1. The maximum absolute atomic E-state index is 12.7. The molecule has 2 aromatic heterocycles. The molecule has 32 heavy (non-hydrogen) atoms. The van der Waals surface area contributed by atoms with Crippen LogP contribution in [0.4, 0.5) is 5.69 Å². The molecule has 2 aromatic carbocycles.